The summed E-state index contributed by atoms with van der Waals surface area (Å²) >= 11 is 0. The molecule has 1 saturated heterocycles. The lowest BCUT2D eigenvalue weighted by molar-refractivity contribution is -0.00144. The highest BCUT2D eigenvalue weighted by molar-refractivity contribution is 5.93. The Morgan fingerprint density at radius 1 is 1.50 bits per heavy atom. The molecule has 1 aliphatic rings. The van der Waals surface area contributed by atoms with Crippen LogP contribution in [0.3, 0.4) is 0 Å². The SMILES string of the molecule is C[C@H]1CN(C(=O)c2cccnc2)CCN1CC(C)(C)O. The Kier molecular flexibility index (Phi) is 4.40. The molecule has 0 radical (unpaired) electrons. The molecule has 0 saturated carbocycles. The third kappa shape index (κ3) is 3.77. The zero-order valence-corrected chi connectivity index (χ0v) is 12.4. The van der Waals surface area contributed by atoms with Gasteiger partial charge in [-0.3, -0.25) is 14.7 Å². The summed E-state index contributed by atoms with van der Waals surface area (Å²) in [4.78, 5) is 20.4. The third-order valence-corrected chi connectivity index (χ3v) is 3.55. The van der Waals surface area contributed by atoms with Crippen molar-refractivity contribution < 1.29 is 9.90 Å². The van der Waals surface area contributed by atoms with Crippen molar-refractivity contribution in [3.63, 3.8) is 0 Å². The van der Waals surface area contributed by atoms with Crippen LogP contribution < -0.4 is 0 Å². The zero-order valence-electron chi connectivity index (χ0n) is 12.4. The lowest BCUT2D eigenvalue weighted by Gasteiger charge is -2.42. The van der Waals surface area contributed by atoms with Crippen LogP contribution in [0.25, 0.3) is 0 Å². The summed E-state index contributed by atoms with van der Waals surface area (Å²) in [6.07, 6.45) is 3.27. The number of carbonyl (C=O) groups is 1. The van der Waals surface area contributed by atoms with Gasteiger partial charge in [0.1, 0.15) is 0 Å². The van der Waals surface area contributed by atoms with Crippen LogP contribution in [0.15, 0.2) is 24.5 Å². The van der Waals surface area contributed by atoms with Crippen LogP contribution in [0.5, 0.6) is 0 Å². The smallest absolute Gasteiger partial charge is 0.255 e. The Hall–Kier alpha value is -1.46. The fraction of sp³-hybridized carbons (Fsp3) is 0.600. The van der Waals surface area contributed by atoms with Gasteiger partial charge >= 0.3 is 0 Å². The molecule has 20 heavy (non-hydrogen) atoms. The average Bonchev–Trinajstić information content (AvgIpc) is 2.40. The molecule has 5 heteroatoms. The van der Waals surface area contributed by atoms with Crippen LogP contribution >= 0.6 is 0 Å². The first-order valence-electron chi connectivity index (χ1n) is 7.02. The molecular weight excluding hydrogens is 254 g/mol. The van der Waals surface area contributed by atoms with Crippen molar-refractivity contribution in [1.82, 2.24) is 14.8 Å². The molecule has 2 heterocycles. The fourth-order valence-electron chi connectivity index (χ4n) is 2.58. The highest BCUT2D eigenvalue weighted by Crippen LogP contribution is 2.15. The molecule has 0 aromatic carbocycles. The molecular formula is C15H23N3O2. The summed E-state index contributed by atoms with van der Waals surface area (Å²) in [7, 11) is 0. The molecule has 1 fully saturated rings. The second-order valence-electron chi connectivity index (χ2n) is 6.12. The molecule has 1 amide bonds. The Morgan fingerprint density at radius 3 is 2.80 bits per heavy atom. The Balaban J connectivity index is 1.97. The predicted octanol–water partition coefficient (Wildman–Crippen LogP) is 0.999. The van der Waals surface area contributed by atoms with Crippen LogP contribution in [0.1, 0.15) is 31.1 Å². The van der Waals surface area contributed by atoms with E-state index >= 15 is 0 Å². The Labute approximate surface area is 120 Å². The van der Waals surface area contributed by atoms with Crippen LogP contribution in [0.4, 0.5) is 0 Å². The summed E-state index contributed by atoms with van der Waals surface area (Å²) in [5.74, 6) is 0.0351. The Bertz CT molecular complexity index is 456. The van der Waals surface area contributed by atoms with Gasteiger partial charge in [-0.1, -0.05) is 0 Å². The van der Waals surface area contributed by atoms with E-state index in [1.807, 2.05) is 18.7 Å². The van der Waals surface area contributed by atoms with E-state index in [0.29, 0.717) is 25.2 Å². The summed E-state index contributed by atoms with van der Waals surface area (Å²) in [5.41, 5.74) is -0.0697. The van der Waals surface area contributed by atoms with Gasteiger partial charge < -0.3 is 10.0 Å². The van der Waals surface area contributed by atoms with E-state index in [2.05, 4.69) is 16.8 Å². The molecule has 1 aliphatic heterocycles. The number of hydrogen-bond acceptors (Lipinski definition) is 4. The number of aliphatic hydroxyl groups is 1. The number of β-amino-alcohol motifs (C(OH)–C–C–N with tert-alkyl or cyclic N) is 1. The highest BCUT2D eigenvalue weighted by atomic mass is 16.3. The molecule has 1 N–H and O–H groups in total. The molecule has 5 nitrogen and oxygen atoms in total. The number of rotatable bonds is 3. The summed E-state index contributed by atoms with van der Waals surface area (Å²) in [5, 5.41) is 9.91. The summed E-state index contributed by atoms with van der Waals surface area (Å²) in [6.45, 7) is 8.51. The van der Waals surface area contributed by atoms with E-state index in [4.69, 9.17) is 0 Å². The van der Waals surface area contributed by atoms with E-state index in [-0.39, 0.29) is 11.9 Å². The molecule has 0 unspecified atom stereocenters. The van der Waals surface area contributed by atoms with E-state index in [0.717, 1.165) is 6.54 Å². The molecule has 1 aromatic heterocycles. The van der Waals surface area contributed by atoms with Gasteiger partial charge in [0.15, 0.2) is 0 Å². The topological polar surface area (TPSA) is 56.7 Å². The monoisotopic (exact) mass is 277 g/mol. The molecule has 110 valence electrons. The van der Waals surface area contributed by atoms with Crippen LogP contribution in [0.2, 0.25) is 0 Å². The van der Waals surface area contributed by atoms with Gasteiger partial charge in [-0.2, -0.15) is 0 Å². The van der Waals surface area contributed by atoms with Gasteiger partial charge in [-0.25, -0.2) is 0 Å². The first-order valence-corrected chi connectivity index (χ1v) is 7.02. The van der Waals surface area contributed by atoms with Crippen molar-refractivity contribution >= 4 is 5.91 Å². The van der Waals surface area contributed by atoms with Gasteiger partial charge in [0, 0.05) is 44.6 Å². The second kappa shape index (κ2) is 5.89. The van der Waals surface area contributed by atoms with Gasteiger partial charge in [0.05, 0.1) is 11.2 Å². The maximum absolute atomic E-state index is 12.4. The quantitative estimate of drug-likeness (QED) is 0.895. The number of hydrogen-bond donors (Lipinski definition) is 1. The maximum Gasteiger partial charge on any atom is 0.255 e. The molecule has 1 aromatic rings. The standard InChI is InChI=1S/C15H23N3O2/c1-12-10-17(7-8-18(12)11-15(2,3)20)14(19)13-5-4-6-16-9-13/h4-6,9,12,20H,7-8,10-11H2,1-3H3/t12-/m0/s1. The zero-order chi connectivity index (χ0) is 14.8. The van der Waals surface area contributed by atoms with Crippen molar-refractivity contribution in [1.29, 1.82) is 0 Å². The largest absolute Gasteiger partial charge is 0.389 e. The normalized spacial score (nSPS) is 21.0. The van der Waals surface area contributed by atoms with E-state index in [9.17, 15) is 9.90 Å². The number of pyridine rings is 1. The summed E-state index contributed by atoms with van der Waals surface area (Å²) < 4.78 is 0. The van der Waals surface area contributed by atoms with Crippen molar-refractivity contribution in [3.05, 3.63) is 30.1 Å². The number of amides is 1. The second-order valence-corrected chi connectivity index (χ2v) is 6.12. The number of nitrogens with zero attached hydrogens (tertiary/aromatic N) is 3. The van der Waals surface area contributed by atoms with Crippen molar-refractivity contribution in [2.24, 2.45) is 0 Å². The number of aromatic nitrogens is 1. The van der Waals surface area contributed by atoms with Crippen LogP contribution in [0, 0.1) is 0 Å². The lowest BCUT2D eigenvalue weighted by atomic mass is 10.1. The number of piperazine rings is 1. The van der Waals surface area contributed by atoms with Gasteiger partial charge in [-0.05, 0) is 32.9 Å². The third-order valence-electron chi connectivity index (χ3n) is 3.55. The highest BCUT2D eigenvalue weighted by Gasteiger charge is 2.30. The van der Waals surface area contributed by atoms with Crippen molar-refractivity contribution in [3.8, 4) is 0 Å². The minimum absolute atomic E-state index is 0.0351. The van der Waals surface area contributed by atoms with E-state index in [1.54, 1.807) is 24.5 Å². The van der Waals surface area contributed by atoms with Gasteiger partial charge in [0.25, 0.3) is 5.91 Å². The lowest BCUT2D eigenvalue weighted by Crippen LogP contribution is -2.56. The first kappa shape index (κ1) is 14.9. The predicted molar refractivity (Wildman–Crippen MR) is 77.5 cm³/mol. The molecule has 1 atom stereocenters. The first-order chi connectivity index (χ1) is 9.37. The van der Waals surface area contributed by atoms with Crippen LogP contribution in [-0.4, -0.2) is 63.6 Å². The van der Waals surface area contributed by atoms with Gasteiger partial charge in [-0.15, -0.1) is 0 Å². The molecule has 0 bridgehead atoms. The van der Waals surface area contributed by atoms with E-state index in [1.165, 1.54) is 0 Å². The van der Waals surface area contributed by atoms with Crippen molar-refractivity contribution in [2.75, 3.05) is 26.2 Å². The average molecular weight is 277 g/mol. The molecule has 2 rings (SSSR count). The fourth-order valence-corrected chi connectivity index (χ4v) is 2.58. The number of carbonyl (C=O) groups excluding carboxylic acids is 1. The molecule has 0 aliphatic carbocycles. The molecule has 0 spiro atoms. The summed E-state index contributed by atoms with van der Waals surface area (Å²) in [6, 6.07) is 3.82. The van der Waals surface area contributed by atoms with Crippen LogP contribution in [-0.2, 0) is 0 Å². The maximum atomic E-state index is 12.4. The van der Waals surface area contributed by atoms with E-state index < -0.39 is 5.60 Å². The van der Waals surface area contributed by atoms with Gasteiger partial charge in [0.2, 0.25) is 0 Å². The minimum Gasteiger partial charge on any atom is -0.389 e. The Morgan fingerprint density at radius 2 is 2.25 bits per heavy atom. The minimum atomic E-state index is -0.705. The van der Waals surface area contributed by atoms with Crippen molar-refractivity contribution in [2.45, 2.75) is 32.4 Å².